The van der Waals surface area contributed by atoms with Gasteiger partial charge in [-0.1, -0.05) is 41.5 Å². The van der Waals surface area contributed by atoms with E-state index in [1.165, 1.54) is 27.2 Å². The highest BCUT2D eigenvalue weighted by Gasteiger charge is 2.09. The summed E-state index contributed by atoms with van der Waals surface area (Å²) in [6.45, 7) is 6.79. The number of amides is 1. The Hall–Kier alpha value is -2.04. The molecule has 0 spiro atoms. The van der Waals surface area contributed by atoms with Crippen LogP contribution in [0.25, 0.3) is 0 Å². The number of nitrogens with one attached hydrogen (secondary N) is 2. The molecule has 0 fully saturated rings. The summed E-state index contributed by atoms with van der Waals surface area (Å²) >= 11 is 1.82. The summed E-state index contributed by atoms with van der Waals surface area (Å²) in [7, 11) is 0. The fraction of sp³-hybridized carbons (Fsp3) is 0.318. The van der Waals surface area contributed by atoms with Crippen molar-refractivity contribution in [2.45, 2.75) is 30.9 Å². The van der Waals surface area contributed by atoms with Crippen LogP contribution in [0.3, 0.4) is 0 Å². The van der Waals surface area contributed by atoms with Gasteiger partial charge in [-0.15, -0.1) is 11.8 Å². The lowest BCUT2D eigenvalue weighted by Gasteiger charge is -2.14. The third kappa shape index (κ3) is 5.23. The molecule has 3 rings (SSSR count). The van der Waals surface area contributed by atoms with Gasteiger partial charge in [0, 0.05) is 29.3 Å². The van der Waals surface area contributed by atoms with Gasteiger partial charge >= 0.3 is 0 Å². The van der Waals surface area contributed by atoms with Crippen LogP contribution >= 0.6 is 11.8 Å². The molecule has 0 saturated heterocycles. The molecule has 0 radical (unpaired) electrons. The van der Waals surface area contributed by atoms with Gasteiger partial charge in [-0.05, 0) is 56.1 Å². The Kier molecular flexibility index (Phi) is 6.53. The zero-order valence-electron chi connectivity index (χ0n) is 15.5. The lowest BCUT2D eigenvalue weighted by molar-refractivity contribution is 0.0956. The molecule has 0 aromatic heterocycles. The topological polar surface area (TPSA) is 41.1 Å². The van der Waals surface area contributed by atoms with Crippen molar-refractivity contribution in [1.82, 2.24) is 10.6 Å². The van der Waals surface area contributed by atoms with E-state index in [2.05, 4.69) is 54.8 Å². The van der Waals surface area contributed by atoms with Gasteiger partial charge in [0.05, 0.1) is 0 Å². The van der Waals surface area contributed by atoms with Crippen LogP contribution < -0.4 is 10.6 Å². The summed E-state index contributed by atoms with van der Waals surface area (Å²) < 4.78 is 0. The molecule has 4 heteroatoms. The Balaban J connectivity index is 1.58. The van der Waals surface area contributed by atoms with E-state index in [0.717, 1.165) is 30.8 Å². The van der Waals surface area contributed by atoms with E-state index in [-0.39, 0.29) is 5.91 Å². The predicted molar refractivity (Wildman–Crippen MR) is 110 cm³/mol. The van der Waals surface area contributed by atoms with E-state index >= 15 is 0 Å². The van der Waals surface area contributed by atoms with Gasteiger partial charge in [0.15, 0.2) is 0 Å². The molecule has 1 heterocycles. The van der Waals surface area contributed by atoms with E-state index < -0.39 is 0 Å². The summed E-state index contributed by atoms with van der Waals surface area (Å²) in [6.07, 6.45) is 3.17. The van der Waals surface area contributed by atoms with Crippen molar-refractivity contribution in [2.75, 3.05) is 19.6 Å². The van der Waals surface area contributed by atoms with Crippen molar-refractivity contribution >= 4 is 17.7 Å². The SMILES string of the molecule is Cc1ccc(SCc2cccc(C(=O)NCC3=CCNCC3)c2)c(C)c1. The maximum atomic E-state index is 12.4. The van der Waals surface area contributed by atoms with Crippen molar-refractivity contribution in [1.29, 1.82) is 0 Å². The van der Waals surface area contributed by atoms with Gasteiger partial charge in [-0.3, -0.25) is 4.79 Å². The van der Waals surface area contributed by atoms with Gasteiger partial charge in [0.2, 0.25) is 0 Å². The minimum absolute atomic E-state index is 0.00259. The number of carbonyl (C=O) groups is 1. The number of aryl methyl sites for hydroxylation is 2. The molecule has 1 amide bonds. The number of thioether (sulfide) groups is 1. The lowest BCUT2D eigenvalue weighted by atomic mass is 10.1. The van der Waals surface area contributed by atoms with E-state index in [1.54, 1.807) is 0 Å². The summed E-state index contributed by atoms with van der Waals surface area (Å²) in [4.78, 5) is 13.7. The summed E-state index contributed by atoms with van der Waals surface area (Å²) in [5.41, 5.74) is 5.80. The van der Waals surface area contributed by atoms with Crippen LogP contribution in [0, 0.1) is 13.8 Å². The fourth-order valence-corrected chi connectivity index (χ4v) is 4.00. The molecule has 0 saturated carbocycles. The van der Waals surface area contributed by atoms with Gasteiger partial charge in [0.25, 0.3) is 5.91 Å². The maximum absolute atomic E-state index is 12.4. The van der Waals surface area contributed by atoms with Crippen molar-refractivity contribution < 1.29 is 4.79 Å². The Morgan fingerprint density at radius 2 is 2.08 bits per heavy atom. The molecule has 1 aliphatic heterocycles. The van der Waals surface area contributed by atoms with E-state index in [0.29, 0.717) is 6.54 Å². The van der Waals surface area contributed by atoms with Crippen LogP contribution in [-0.4, -0.2) is 25.5 Å². The minimum Gasteiger partial charge on any atom is -0.348 e. The molecular formula is C22H26N2OS. The molecule has 0 aliphatic carbocycles. The number of carbonyl (C=O) groups excluding carboxylic acids is 1. The zero-order valence-corrected chi connectivity index (χ0v) is 16.3. The van der Waals surface area contributed by atoms with Crippen LogP contribution in [-0.2, 0) is 5.75 Å². The van der Waals surface area contributed by atoms with E-state index in [4.69, 9.17) is 0 Å². The molecule has 2 aromatic carbocycles. The highest BCUT2D eigenvalue weighted by Crippen LogP contribution is 2.27. The monoisotopic (exact) mass is 366 g/mol. The Morgan fingerprint density at radius 1 is 1.19 bits per heavy atom. The second kappa shape index (κ2) is 9.06. The molecule has 1 aliphatic rings. The van der Waals surface area contributed by atoms with Gasteiger partial charge < -0.3 is 10.6 Å². The van der Waals surface area contributed by atoms with Gasteiger partial charge in [-0.2, -0.15) is 0 Å². The minimum atomic E-state index is 0.00259. The quantitative estimate of drug-likeness (QED) is 0.593. The molecule has 136 valence electrons. The third-order valence-electron chi connectivity index (χ3n) is 4.55. The van der Waals surface area contributed by atoms with Crippen LogP contribution in [0.1, 0.15) is 33.5 Å². The highest BCUT2D eigenvalue weighted by atomic mass is 32.2. The highest BCUT2D eigenvalue weighted by molar-refractivity contribution is 7.98. The fourth-order valence-electron chi connectivity index (χ4n) is 3.05. The molecule has 0 unspecified atom stereocenters. The number of hydrogen-bond donors (Lipinski definition) is 2. The number of benzene rings is 2. The second-order valence-electron chi connectivity index (χ2n) is 6.76. The molecule has 0 bridgehead atoms. The Morgan fingerprint density at radius 3 is 2.85 bits per heavy atom. The smallest absolute Gasteiger partial charge is 0.251 e. The Labute approximate surface area is 160 Å². The normalized spacial score (nSPS) is 14.0. The van der Waals surface area contributed by atoms with Gasteiger partial charge in [-0.25, -0.2) is 0 Å². The van der Waals surface area contributed by atoms with Crippen molar-refractivity contribution in [3.8, 4) is 0 Å². The summed E-state index contributed by atoms with van der Waals surface area (Å²) in [5, 5.41) is 6.33. The molecule has 2 aromatic rings. The number of rotatable bonds is 6. The van der Waals surface area contributed by atoms with Crippen LogP contribution in [0.15, 0.2) is 59.0 Å². The molecule has 3 nitrogen and oxygen atoms in total. The first kappa shape index (κ1) is 18.7. The zero-order chi connectivity index (χ0) is 18.4. The lowest BCUT2D eigenvalue weighted by Crippen LogP contribution is -2.29. The van der Waals surface area contributed by atoms with Crippen LogP contribution in [0.4, 0.5) is 0 Å². The second-order valence-corrected chi connectivity index (χ2v) is 7.77. The van der Waals surface area contributed by atoms with Crippen molar-refractivity contribution in [3.63, 3.8) is 0 Å². The average Bonchev–Trinajstić information content (AvgIpc) is 2.66. The standard InChI is InChI=1S/C22H26N2OS/c1-16-6-7-21(17(2)12-16)26-15-19-4-3-5-20(13-19)22(25)24-14-18-8-10-23-11-9-18/h3-8,12-13,23H,9-11,14-15H2,1-2H3,(H,24,25). The van der Waals surface area contributed by atoms with Crippen molar-refractivity contribution in [3.05, 3.63) is 76.4 Å². The summed E-state index contributed by atoms with van der Waals surface area (Å²) in [5.74, 6) is 0.866. The molecule has 26 heavy (non-hydrogen) atoms. The largest absolute Gasteiger partial charge is 0.348 e. The van der Waals surface area contributed by atoms with E-state index in [1.807, 2.05) is 30.0 Å². The molecular weight excluding hydrogens is 340 g/mol. The maximum Gasteiger partial charge on any atom is 0.251 e. The first-order valence-corrected chi connectivity index (χ1v) is 10.1. The van der Waals surface area contributed by atoms with Crippen molar-refractivity contribution in [2.24, 2.45) is 0 Å². The Bertz CT molecular complexity index is 814. The summed E-state index contributed by atoms with van der Waals surface area (Å²) in [6, 6.07) is 14.5. The first-order valence-electron chi connectivity index (χ1n) is 9.07. The third-order valence-corrected chi connectivity index (χ3v) is 5.79. The predicted octanol–water partition coefficient (Wildman–Crippen LogP) is 4.25. The van der Waals surface area contributed by atoms with Crippen LogP contribution in [0.5, 0.6) is 0 Å². The first-order chi connectivity index (χ1) is 12.6. The van der Waals surface area contributed by atoms with Crippen LogP contribution in [0.2, 0.25) is 0 Å². The van der Waals surface area contributed by atoms with E-state index in [9.17, 15) is 4.79 Å². The average molecular weight is 367 g/mol. The molecule has 0 atom stereocenters. The van der Waals surface area contributed by atoms with Gasteiger partial charge in [0.1, 0.15) is 0 Å². The number of hydrogen-bond acceptors (Lipinski definition) is 3. The molecule has 2 N–H and O–H groups in total.